The molecule has 0 saturated carbocycles. The first-order valence-electron chi connectivity index (χ1n) is 3.86. The van der Waals surface area contributed by atoms with Crippen molar-refractivity contribution in [2.75, 3.05) is 0 Å². The summed E-state index contributed by atoms with van der Waals surface area (Å²) in [7, 11) is -4.71. The Bertz CT molecular complexity index is 593. The van der Waals surface area contributed by atoms with Crippen LogP contribution >= 0.6 is 11.6 Å². The maximum atomic E-state index is 12.5. The molecule has 0 aliphatic heterocycles. The van der Waals surface area contributed by atoms with Gasteiger partial charge in [-0.25, -0.2) is 8.42 Å². The van der Waals surface area contributed by atoms with Gasteiger partial charge in [-0.2, -0.15) is 13.2 Å². The van der Waals surface area contributed by atoms with Crippen molar-refractivity contribution in [2.24, 2.45) is 4.52 Å². The molecule has 5 nitrogen and oxygen atoms in total. The normalized spacial score (nSPS) is 12.0. The molecular formula is C7H3ClF3N3O2S. The van der Waals surface area contributed by atoms with Crippen LogP contribution in [0.5, 0.6) is 0 Å². The van der Waals surface area contributed by atoms with Crippen LogP contribution in [0.1, 0.15) is 5.56 Å². The molecule has 0 bridgehead atoms. The van der Waals surface area contributed by atoms with Crippen LogP contribution in [0.25, 0.3) is 10.4 Å². The van der Waals surface area contributed by atoms with Gasteiger partial charge >= 0.3 is 6.18 Å². The SMILES string of the molecule is [N-]=[N+]=NS(=O)(=O)c1ccc(Cl)cc1C(F)(F)F. The predicted octanol–water partition coefficient (Wildman–Crippen LogP) is 3.36. The molecule has 0 fully saturated rings. The van der Waals surface area contributed by atoms with Gasteiger partial charge in [0.1, 0.15) is 0 Å². The maximum Gasteiger partial charge on any atom is 0.417 e. The van der Waals surface area contributed by atoms with Crippen LogP contribution in [0.4, 0.5) is 13.2 Å². The van der Waals surface area contributed by atoms with Crippen LogP contribution in [0.3, 0.4) is 0 Å². The lowest BCUT2D eigenvalue weighted by Crippen LogP contribution is -2.11. The van der Waals surface area contributed by atoms with Crippen molar-refractivity contribution < 1.29 is 21.6 Å². The summed E-state index contributed by atoms with van der Waals surface area (Å²) in [6.07, 6.45) is -4.92. The molecule has 10 heteroatoms. The van der Waals surface area contributed by atoms with Gasteiger partial charge in [0.2, 0.25) is 0 Å². The number of azide groups is 1. The Labute approximate surface area is 98.5 Å². The van der Waals surface area contributed by atoms with Gasteiger partial charge in [0.15, 0.2) is 0 Å². The molecule has 0 radical (unpaired) electrons. The zero-order chi connectivity index (χ0) is 13.3. The monoisotopic (exact) mass is 285 g/mol. The van der Waals surface area contributed by atoms with Gasteiger partial charge in [-0.05, 0) is 23.7 Å². The van der Waals surface area contributed by atoms with Crippen LogP contribution in [0.15, 0.2) is 27.6 Å². The molecular weight excluding hydrogens is 283 g/mol. The highest BCUT2D eigenvalue weighted by Gasteiger charge is 2.37. The smallest absolute Gasteiger partial charge is 0.216 e. The minimum atomic E-state index is -4.92. The molecule has 92 valence electrons. The third-order valence-electron chi connectivity index (χ3n) is 1.67. The van der Waals surface area contributed by atoms with Gasteiger partial charge in [0.25, 0.3) is 10.0 Å². The first kappa shape index (κ1) is 13.6. The van der Waals surface area contributed by atoms with Gasteiger partial charge in [0.05, 0.1) is 10.5 Å². The molecule has 1 rings (SSSR count). The Kier molecular flexibility index (Phi) is 3.56. The van der Waals surface area contributed by atoms with Crippen molar-refractivity contribution in [3.8, 4) is 0 Å². The summed E-state index contributed by atoms with van der Waals surface area (Å²) in [5.41, 5.74) is 6.51. The van der Waals surface area contributed by atoms with Crippen LogP contribution < -0.4 is 0 Å². The van der Waals surface area contributed by atoms with Gasteiger partial charge < -0.3 is 0 Å². The molecule has 0 aliphatic rings. The second-order valence-electron chi connectivity index (χ2n) is 2.78. The van der Waals surface area contributed by atoms with E-state index in [9.17, 15) is 21.6 Å². The molecule has 0 saturated heterocycles. The number of alkyl halides is 3. The quantitative estimate of drug-likeness (QED) is 0.474. The lowest BCUT2D eigenvalue weighted by Gasteiger charge is -2.11. The summed E-state index contributed by atoms with van der Waals surface area (Å²) in [4.78, 5) is 0.834. The van der Waals surface area contributed by atoms with E-state index in [-0.39, 0.29) is 5.02 Å². The highest BCUT2D eigenvalue weighted by atomic mass is 35.5. The van der Waals surface area contributed by atoms with Crippen molar-refractivity contribution in [1.82, 2.24) is 0 Å². The molecule has 1 aromatic rings. The molecule has 0 atom stereocenters. The van der Waals surface area contributed by atoms with E-state index in [0.717, 1.165) is 6.07 Å². The van der Waals surface area contributed by atoms with Gasteiger partial charge in [-0.1, -0.05) is 11.6 Å². The van der Waals surface area contributed by atoms with Crippen molar-refractivity contribution >= 4 is 21.6 Å². The largest absolute Gasteiger partial charge is 0.417 e. The van der Waals surface area contributed by atoms with E-state index in [0.29, 0.717) is 12.1 Å². The Morgan fingerprint density at radius 1 is 1.35 bits per heavy atom. The fourth-order valence-electron chi connectivity index (χ4n) is 1.04. The number of hydrogen-bond acceptors (Lipinski definition) is 2. The Morgan fingerprint density at radius 3 is 2.41 bits per heavy atom. The average molecular weight is 286 g/mol. The molecule has 0 amide bonds. The molecule has 0 unspecified atom stereocenters. The molecule has 0 aromatic heterocycles. The molecule has 17 heavy (non-hydrogen) atoms. The third-order valence-corrected chi connectivity index (χ3v) is 3.10. The lowest BCUT2D eigenvalue weighted by molar-refractivity contribution is -0.139. The number of nitrogens with zero attached hydrogens (tertiary/aromatic N) is 3. The van der Waals surface area contributed by atoms with E-state index in [2.05, 4.69) is 4.52 Å². The number of sulfonamides is 1. The Morgan fingerprint density at radius 2 is 1.94 bits per heavy atom. The minimum absolute atomic E-state index is 0.280. The summed E-state index contributed by atoms with van der Waals surface area (Å²) >= 11 is 5.35. The van der Waals surface area contributed by atoms with Gasteiger partial charge in [0, 0.05) is 14.5 Å². The highest BCUT2D eigenvalue weighted by molar-refractivity contribution is 7.90. The Balaban J connectivity index is 3.61. The average Bonchev–Trinajstić information content (AvgIpc) is 2.15. The standard InChI is InChI=1S/C7H3ClF3N3O2S/c8-4-1-2-6(17(15,16)14-13-12)5(3-4)7(9,10)11/h1-3H. The van der Waals surface area contributed by atoms with E-state index in [1.165, 1.54) is 0 Å². The summed E-state index contributed by atoms with van der Waals surface area (Å²) < 4.78 is 62.5. The molecule has 1 aromatic carbocycles. The molecule has 0 heterocycles. The number of hydrogen-bond donors (Lipinski definition) is 0. The fraction of sp³-hybridized carbons (Fsp3) is 0.143. The van der Waals surface area contributed by atoms with E-state index in [1.807, 2.05) is 4.91 Å². The lowest BCUT2D eigenvalue weighted by atomic mass is 10.2. The second kappa shape index (κ2) is 4.44. The molecule has 0 spiro atoms. The fourth-order valence-corrected chi connectivity index (χ4v) is 2.09. The van der Waals surface area contributed by atoms with E-state index in [1.54, 1.807) is 0 Å². The van der Waals surface area contributed by atoms with Crippen LogP contribution in [0, 0.1) is 0 Å². The molecule has 0 N–H and O–H groups in total. The van der Waals surface area contributed by atoms with Crippen LogP contribution in [-0.4, -0.2) is 8.42 Å². The van der Waals surface area contributed by atoms with Gasteiger partial charge in [-0.3, -0.25) is 0 Å². The zero-order valence-electron chi connectivity index (χ0n) is 7.81. The van der Waals surface area contributed by atoms with Gasteiger partial charge in [-0.15, -0.1) is 0 Å². The van der Waals surface area contributed by atoms with Crippen LogP contribution in [0.2, 0.25) is 5.02 Å². The van der Waals surface area contributed by atoms with E-state index >= 15 is 0 Å². The zero-order valence-corrected chi connectivity index (χ0v) is 9.38. The first-order valence-corrected chi connectivity index (χ1v) is 5.68. The summed E-state index contributed by atoms with van der Waals surface area (Å²) in [5.74, 6) is 0. The van der Waals surface area contributed by atoms with Crippen LogP contribution in [-0.2, 0) is 16.2 Å². The summed E-state index contributed by atoms with van der Waals surface area (Å²) in [6, 6.07) is 2.03. The van der Waals surface area contributed by atoms with Crippen molar-refractivity contribution in [3.63, 3.8) is 0 Å². The summed E-state index contributed by atoms with van der Waals surface area (Å²) in [6.45, 7) is 0. The number of benzene rings is 1. The summed E-state index contributed by atoms with van der Waals surface area (Å²) in [5, 5.41) is -0.280. The van der Waals surface area contributed by atoms with E-state index in [4.69, 9.17) is 17.1 Å². The number of halogens is 4. The highest BCUT2D eigenvalue weighted by Crippen LogP contribution is 2.36. The topological polar surface area (TPSA) is 82.9 Å². The number of rotatable bonds is 2. The minimum Gasteiger partial charge on any atom is -0.216 e. The van der Waals surface area contributed by atoms with Crippen molar-refractivity contribution in [3.05, 3.63) is 39.2 Å². The van der Waals surface area contributed by atoms with Crippen molar-refractivity contribution in [1.29, 1.82) is 0 Å². The van der Waals surface area contributed by atoms with E-state index < -0.39 is 26.7 Å². The first-order chi connectivity index (χ1) is 7.68. The predicted molar refractivity (Wildman–Crippen MR) is 52.8 cm³/mol. The second-order valence-corrected chi connectivity index (χ2v) is 4.77. The third kappa shape index (κ3) is 3.02. The Hall–Kier alpha value is -1.44. The maximum absolute atomic E-state index is 12.5. The molecule has 0 aliphatic carbocycles. The van der Waals surface area contributed by atoms with Crippen molar-refractivity contribution in [2.45, 2.75) is 11.1 Å².